The van der Waals surface area contributed by atoms with Crippen LogP contribution in [0.5, 0.6) is 5.75 Å². The van der Waals surface area contributed by atoms with E-state index in [-0.39, 0.29) is 16.5 Å². The van der Waals surface area contributed by atoms with Gasteiger partial charge in [-0.05, 0) is 18.1 Å². The zero-order valence-electron chi connectivity index (χ0n) is 13.0. The fourth-order valence-electron chi connectivity index (χ4n) is 1.94. The summed E-state index contributed by atoms with van der Waals surface area (Å²) in [6.45, 7) is 4.97. The van der Waals surface area contributed by atoms with E-state index in [1.54, 1.807) is 13.2 Å². The summed E-state index contributed by atoms with van der Waals surface area (Å²) in [5, 5.41) is 0. The van der Waals surface area contributed by atoms with Crippen LogP contribution < -0.4 is 10.5 Å². The van der Waals surface area contributed by atoms with Gasteiger partial charge in [0, 0.05) is 26.3 Å². The molecule has 21 heavy (non-hydrogen) atoms. The average Bonchev–Trinajstić information content (AvgIpc) is 2.42. The van der Waals surface area contributed by atoms with Crippen molar-refractivity contribution >= 4 is 15.7 Å². The molecule has 0 saturated carbocycles. The van der Waals surface area contributed by atoms with Crippen LogP contribution in [0.4, 0.5) is 5.69 Å². The highest BCUT2D eigenvalue weighted by Crippen LogP contribution is 2.26. The number of ether oxygens (including phenoxy) is 2. The number of nitrogens with two attached hydrogens (primary N) is 1. The van der Waals surface area contributed by atoms with Crippen LogP contribution in [0.2, 0.25) is 0 Å². The fourth-order valence-corrected chi connectivity index (χ4v) is 3.62. The minimum atomic E-state index is -3.65. The molecule has 7 heteroatoms. The minimum absolute atomic E-state index is 0.0973. The second kappa shape index (κ2) is 7.63. The Kier molecular flexibility index (Phi) is 6.44. The van der Waals surface area contributed by atoms with Crippen LogP contribution in [0, 0.1) is 5.92 Å². The molecular weight excluding hydrogens is 292 g/mol. The summed E-state index contributed by atoms with van der Waals surface area (Å²) in [5.41, 5.74) is 6.04. The molecule has 2 N–H and O–H groups in total. The largest absolute Gasteiger partial charge is 0.497 e. The molecule has 0 fully saturated rings. The van der Waals surface area contributed by atoms with Gasteiger partial charge in [0.1, 0.15) is 10.6 Å². The molecule has 120 valence electrons. The Balaban J connectivity index is 3.15. The van der Waals surface area contributed by atoms with Crippen LogP contribution in [-0.4, -0.2) is 46.6 Å². The topological polar surface area (TPSA) is 81.9 Å². The summed E-state index contributed by atoms with van der Waals surface area (Å²) in [4.78, 5) is 0.0973. The lowest BCUT2D eigenvalue weighted by Gasteiger charge is -2.24. The maximum Gasteiger partial charge on any atom is 0.245 e. The van der Waals surface area contributed by atoms with Gasteiger partial charge in [-0.1, -0.05) is 13.8 Å². The van der Waals surface area contributed by atoms with Crippen LogP contribution in [0.3, 0.4) is 0 Å². The molecule has 1 aromatic carbocycles. The third kappa shape index (κ3) is 4.59. The smallest absolute Gasteiger partial charge is 0.245 e. The van der Waals surface area contributed by atoms with Crippen molar-refractivity contribution in [3.05, 3.63) is 18.2 Å². The third-order valence-corrected chi connectivity index (χ3v) is 4.89. The van der Waals surface area contributed by atoms with E-state index in [1.165, 1.54) is 23.5 Å². The Bertz CT molecular complexity index is 558. The molecule has 0 spiro atoms. The first-order chi connectivity index (χ1) is 9.82. The van der Waals surface area contributed by atoms with Crippen molar-refractivity contribution in [3.8, 4) is 5.75 Å². The number of hydrogen-bond donors (Lipinski definition) is 1. The number of sulfonamides is 1. The summed E-state index contributed by atoms with van der Waals surface area (Å²) in [6, 6.07) is 4.58. The number of benzene rings is 1. The van der Waals surface area contributed by atoms with E-state index in [1.807, 2.05) is 13.8 Å². The van der Waals surface area contributed by atoms with Crippen molar-refractivity contribution < 1.29 is 17.9 Å². The molecule has 0 atom stereocenters. The second-order valence-corrected chi connectivity index (χ2v) is 7.06. The Hall–Kier alpha value is -1.31. The Morgan fingerprint density at radius 3 is 2.43 bits per heavy atom. The van der Waals surface area contributed by atoms with Crippen molar-refractivity contribution in [1.29, 1.82) is 0 Å². The van der Waals surface area contributed by atoms with Gasteiger partial charge in [0.05, 0.1) is 19.4 Å². The molecule has 0 aliphatic carbocycles. The van der Waals surface area contributed by atoms with Crippen molar-refractivity contribution in [2.24, 2.45) is 5.92 Å². The molecule has 0 bridgehead atoms. The molecule has 0 aliphatic rings. The quantitative estimate of drug-likeness (QED) is 0.736. The number of nitrogen functional groups attached to an aromatic ring is 1. The van der Waals surface area contributed by atoms with E-state index in [2.05, 4.69) is 0 Å². The molecule has 6 nitrogen and oxygen atoms in total. The first-order valence-electron chi connectivity index (χ1n) is 6.75. The number of anilines is 1. The highest BCUT2D eigenvalue weighted by atomic mass is 32.2. The van der Waals surface area contributed by atoms with Gasteiger partial charge >= 0.3 is 0 Å². The van der Waals surface area contributed by atoms with Gasteiger partial charge in [0.2, 0.25) is 10.0 Å². The summed E-state index contributed by atoms with van der Waals surface area (Å²) in [5.74, 6) is 0.731. The van der Waals surface area contributed by atoms with Crippen LogP contribution in [-0.2, 0) is 14.8 Å². The molecule has 0 heterocycles. The first-order valence-corrected chi connectivity index (χ1v) is 8.19. The number of rotatable bonds is 8. The summed E-state index contributed by atoms with van der Waals surface area (Å²) >= 11 is 0. The van der Waals surface area contributed by atoms with Crippen molar-refractivity contribution in [2.45, 2.75) is 18.7 Å². The maximum atomic E-state index is 12.7. The lowest BCUT2D eigenvalue weighted by molar-refractivity contribution is 0.175. The average molecular weight is 316 g/mol. The summed E-state index contributed by atoms with van der Waals surface area (Å²) in [6.07, 6.45) is 0. The van der Waals surface area contributed by atoms with Gasteiger partial charge in [-0.2, -0.15) is 4.31 Å². The molecule has 0 aliphatic heterocycles. The van der Waals surface area contributed by atoms with Gasteiger partial charge in [0.25, 0.3) is 0 Å². The Labute approximate surface area is 126 Å². The highest BCUT2D eigenvalue weighted by molar-refractivity contribution is 7.89. The lowest BCUT2D eigenvalue weighted by Crippen LogP contribution is -2.37. The monoisotopic (exact) mass is 316 g/mol. The Morgan fingerprint density at radius 2 is 1.95 bits per heavy atom. The van der Waals surface area contributed by atoms with E-state index in [0.29, 0.717) is 25.4 Å². The lowest BCUT2D eigenvalue weighted by atomic mass is 10.2. The zero-order chi connectivity index (χ0) is 16.0. The predicted octanol–water partition coefficient (Wildman–Crippen LogP) is 1.57. The normalized spacial score (nSPS) is 12.1. The summed E-state index contributed by atoms with van der Waals surface area (Å²) in [7, 11) is -0.601. The molecule has 0 radical (unpaired) electrons. The van der Waals surface area contributed by atoms with Crippen molar-refractivity contribution in [3.63, 3.8) is 0 Å². The van der Waals surface area contributed by atoms with Crippen molar-refractivity contribution in [1.82, 2.24) is 4.31 Å². The van der Waals surface area contributed by atoms with Gasteiger partial charge in [-0.3, -0.25) is 0 Å². The van der Waals surface area contributed by atoms with Gasteiger partial charge in [-0.25, -0.2) is 8.42 Å². The van der Waals surface area contributed by atoms with E-state index >= 15 is 0 Å². The number of methoxy groups -OCH3 is 2. The molecule has 0 aromatic heterocycles. The number of nitrogens with zero attached hydrogens (tertiary/aromatic N) is 1. The van der Waals surface area contributed by atoms with E-state index in [9.17, 15) is 8.42 Å². The molecule has 1 aromatic rings. The van der Waals surface area contributed by atoms with Gasteiger partial charge in [0.15, 0.2) is 0 Å². The van der Waals surface area contributed by atoms with Crippen LogP contribution in [0.1, 0.15) is 13.8 Å². The van der Waals surface area contributed by atoms with Crippen LogP contribution >= 0.6 is 0 Å². The van der Waals surface area contributed by atoms with Crippen LogP contribution in [0.15, 0.2) is 23.1 Å². The minimum Gasteiger partial charge on any atom is -0.497 e. The molecule has 1 rings (SSSR count). The highest BCUT2D eigenvalue weighted by Gasteiger charge is 2.27. The second-order valence-electron chi connectivity index (χ2n) is 5.15. The van der Waals surface area contributed by atoms with Crippen LogP contribution in [0.25, 0.3) is 0 Å². The van der Waals surface area contributed by atoms with E-state index in [0.717, 1.165) is 0 Å². The molecule has 0 unspecified atom stereocenters. The molecule has 0 saturated heterocycles. The Morgan fingerprint density at radius 1 is 1.29 bits per heavy atom. The third-order valence-electron chi connectivity index (χ3n) is 2.95. The van der Waals surface area contributed by atoms with E-state index < -0.39 is 10.0 Å². The SMILES string of the molecule is COCCN(CC(C)C)S(=O)(=O)c1ccc(OC)cc1N. The number of hydrogen-bond acceptors (Lipinski definition) is 5. The van der Waals surface area contributed by atoms with Gasteiger partial charge < -0.3 is 15.2 Å². The molecule has 0 amide bonds. The standard InChI is InChI=1S/C14H24N2O4S/c1-11(2)10-16(7-8-19-3)21(17,18)14-6-5-12(20-4)9-13(14)15/h5-6,9,11H,7-8,10,15H2,1-4H3. The molecular formula is C14H24N2O4S. The summed E-state index contributed by atoms with van der Waals surface area (Å²) < 4.78 is 36.9. The fraction of sp³-hybridized carbons (Fsp3) is 0.571. The van der Waals surface area contributed by atoms with Gasteiger partial charge in [-0.15, -0.1) is 0 Å². The maximum absolute atomic E-state index is 12.7. The first kappa shape index (κ1) is 17.7. The van der Waals surface area contributed by atoms with Crippen molar-refractivity contribution in [2.75, 3.05) is 39.6 Å². The zero-order valence-corrected chi connectivity index (χ0v) is 13.8. The predicted molar refractivity (Wildman–Crippen MR) is 82.9 cm³/mol. The van der Waals surface area contributed by atoms with E-state index in [4.69, 9.17) is 15.2 Å².